The predicted octanol–water partition coefficient (Wildman–Crippen LogP) is 0.475. The highest BCUT2D eigenvalue weighted by atomic mass is 16.1. The fourth-order valence-electron chi connectivity index (χ4n) is 1.71. The van der Waals surface area contributed by atoms with Crippen LogP contribution in [0.4, 0.5) is 0 Å². The lowest BCUT2D eigenvalue weighted by Crippen LogP contribution is -2.24. The van der Waals surface area contributed by atoms with Crippen LogP contribution in [0.1, 0.15) is 21.7 Å². The molecular formula is C13H17N5O. The maximum atomic E-state index is 11.9. The molecule has 1 amide bonds. The molecule has 0 bridgehead atoms. The summed E-state index contributed by atoms with van der Waals surface area (Å²) in [7, 11) is 0. The average molecular weight is 259 g/mol. The first-order valence-electron chi connectivity index (χ1n) is 6.11. The number of nitrogens with two attached hydrogens (primary N) is 1. The fourth-order valence-corrected chi connectivity index (χ4v) is 1.71. The Labute approximate surface area is 111 Å². The number of carbonyl (C=O) groups excluding carboxylic acids is 1. The summed E-state index contributed by atoms with van der Waals surface area (Å²) < 4.78 is 1.79. The topological polar surface area (TPSA) is 85.8 Å². The molecule has 3 N–H and O–H groups in total. The van der Waals surface area contributed by atoms with Crippen molar-refractivity contribution < 1.29 is 4.79 Å². The number of pyridine rings is 1. The summed E-state index contributed by atoms with van der Waals surface area (Å²) in [6, 6.07) is 3.83. The monoisotopic (exact) mass is 259 g/mol. The molecule has 0 atom stereocenters. The Morgan fingerprint density at radius 1 is 1.47 bits per heavy atom. The first-order valence-corrected chi connectivity index (χ1v) is 6.11. The van der Waals surface area contributed by atoms with E-state index in [0.29, 0.717) is 25.3 Å². The zero-order valence-corrected chi connectivity index (χ0v) is 10.8. The van der Waals surface area contributed by atoms with Crippen LogP contribution in [0, 0.1) is 6.92 Å². The normalized spacial score (nSPS) is 10.4. The average Bonchev–Trinajstić information content (AvgIpc) is 2.87. The maximum absolute atomic E-state index is 11.9. The SMILES string of the molecule is Cc1cccnc1CNC(=O)c1cn(CCN)cn1. The third-order valence-corrected chi connectivity index (χ3v) is 2.79. The Hall–Kier alpha value is -2.21. The largest absolute Gasteiger partial charge is 0.345 e. The quantitative estimate of drug-likeness (QED) is 0.817. The third-order valence-electron chi connectivity index (χ3n) is 2.79. The smallest absolute Gasteiger partial charge is 0.271 e. The predicted molar refractivity (Wildman–Crippen MR) is 71.4 cm³/mol. The second-order valence-corrected chi connectivity index (χ2v) is 4.24. The number of hydrogen-bond acceptors (Lipinski definition) is 4. The minimum atomic E-state index is -0.208. The van der Waals surface area contributed by atoms with Crippen molar-refractivity contribution in [2.45, 2.75) is 20.0 Å². The van der Waals surface area contributed by atoms with Gasteiger partial charge in [-0.1, -0.05) is 6.07 Å². The van der Waals surface area contributed by atoms with Crippen molar-refractivity contribution in [1.82, 2.24) is 19.9 Å². The van der Waals surface area contributed by atoms with Gasteiger partial charge in [-0.3, -0.25) is 9.78 Å². The molecule has 6 nitrogen and oxygen atoms in total. The first-order chi connectivity index (χ1) is 9.20. The van der Waals surface area contributed by atoms with E-state index in [1.165, 1.54) is 0 Å². The Balaban J connectivity index is 1.95. The Bertz CT molecular complexity index is 564. The van der Waals surface area contributed by atoms with Crippen molar-refractivity contribution in [2.24, 2.45) is 5.73 Å². The summed E-state index contributed by atoms with van der Waals surface area (Å²) >= 11 is 0. The van der Waals surface area contributed by atoms with Gasteiger partial charge in [-0.2, -0.15) is 0 Å². The summed E-state index contributed by atoms with van der Waals surface area (Å²) in [6.07, 6.45) is 5.01. The van der Waals surface area contributed by atoms with E-state index >= 15 is 0 Å². The molecule has 19 heavy (non-hydrogen) atoms. The Morgan fingerprint density at radius 2 is 2.32 bits per heavy atom. The van der Waals surface area contributed by atoms with Crippen molar-refractivity contribution in [1.29, 1.82) is 0 Å². The second kappa shape index (κ2) is 6.10. The molecule has 2 aromatic rings. The molecule has 100 valence electrons. The van der Waals surface area contributed by atoms with Crippen molar-refractivity contribution in [3.8, 4) is 0 Å². The van der Waals surface area contributed by atoms with Crippen LogP contribution in [-0.2, 0) is 13.1 Å². The Morgan fingerprint density at radius 3 is 3.05 bits per heavy atom. The maximum Gasteiger partial charge on any atom is 0.271 e. The Kier molecular flexibility index (Phi) is 4.25. The van der Waals surface area contributed by atoms with Gasteiger partial charge in [0.15, 0.2) is 0 Å². The molecule has 0 unspecified atom stereocenters. The minimum absolute atomic E-state index is 0.208. The number of aryl methyl sites for hydroxylation is 1. The van der Waals surface area contributed by atoms with Crippen molar-refractivity contribution in [3.05, 3.63) is 47.8 Å². The van der Waals surface area contributed by atoms with Crippen molar-refractivity contribution >= 4 is 5.91 Å². The summed E-state index contributed by atoms with van der Waals surface area (Å²) in [5.74, 6) is -0.208. The van der Waals surface area contributed by atoms with Crippen LogP contribution in [-0.4, -0.2) is 27.0 Å². The highest BCUT2D eigenvalue weighted by Gasteiger charge is 2.09. The van der Waals surface area contributed by atoms with Gasteiger partial charge in [0.25, 0.3) is 5.91 Å². The number of carbonyl (C=O) groups is 1. The van der Waals surface area contributed by atoms with E-state index in [-0.39, 0.29) is 5.91 Å². The van der Waals surface area contributed by atoms with Gasteiger partial charge in [-0.25, -0.2) is 4.98 Å². The third kappa shape index (κ3) is 3.38. The molecule has 2 rings (SSSR count). The molecule has 0 spiro atoms. The van der Waals surface area contributed by atoms with Crippen LogP contribution in [0.3, 0.4) is 0 Å². The summed E-state index contributed by atoms with van der Waals surface area (Å²) in [5, 5.41) is 2.80. The molecule has 0 saturated heterocycles. The van der Waals surface area contributed by atoms with E-state index < -0.39 is 0 Å². The molecule has 0 saturated carbocycles. The highest BCUT2D eigenvalue weighted by molar-refractivity contribution is 5.91. The lowest BCUT2D eigenvalue weighted by atomic mass is 10.2. The number of nitrogens with zero attached hydrogens (tertiary/aromatic N) is 3. The van der Waals surface area contributed by atoms with Crippen molar-refractivity contribution in [2.75, 3.05) is 6.54 Å². The first kappa shape index (κ1) is 13.2. The minimum Gasteiger partial charge on any atom is -0.345 e. The molecule has 2 aromatic heterocycles. The highest BCUT2D eigenvalue weighted by Crippen LogP contribution is 2.03. The number of imidazole rings is 1. The summed E-state index contributed by atoms with van der Waals surface area (Å²) in [6.45, 7) is 3.53. The summed E-state index contributed by atoms with van der Waals surface area (Å²) in [5.41, 5.74) is 7.74. The van der Waals surface area contributed by atoms with Gasteiger partial charge >= 0.3 is 0 Å². The standard InChI is InChI=1S/C13H17N5O/c1-10-3-2-5-15-11(10)7-16-13(19)12-8-18(6-4-14)9-17-12/h2-3,5,8-9H,4,6-7,14H2,1H3,(H,16,19). The molecule has 0 aliphatic carbocycles. The molecule has 6 heteroatoms. The van der Waals surface area contributed by atoms with Gasteiger partial charge in [-0.05, 0) is 18.6 Å². The molecule has 0 aliphatic heterocycles. The summed E-state index contributed by atoms with van der Waals surface area (Å²) in [4.78, 5) is 20.2. The molecule has 0 aromatic carbocycles. The number of nitrogens with one attached hydrogen (secondary N) is 1. The van der Waals surface area contributed by atoms with Crippen molar-refractivity contribution in [3.63, 3.8) is 0 Å². The number of aromatic nitrogens is 3. The molecular weight excluding hydrogens is 242 g/mol. The number of amides is 1. The number of rotatable bonds is 5. The van der Waals surface area contributed by atoms with E-state index in [1.54, 1.807) is 23.3 Å². The van der Waals surface area contributed by atoms with Gasteiger partial charge in [0.05, 0.1) is 18.6 Å². The van der Waals surface area contributed by atoms with E-state index in [1.807, 2.05) is 19.1 Å². The van der Waals surface area contributed by atoms with Gasteiger partial charge in [-0.15, -0.1) is 0 Å². The van der Waals surface area contributed by atoms with Crippen LogP contribution in [0.15, 0.2) is 30.9 Å². The van der Waals surface area contributed by atoms with Crippen LogP contribution < -0.4 is 11.1 Å². The molecule has 0 radical (unpaired) electrons. The zero-order valence-electron chi connectivity index (χ0n) is 10.8. The van der Waals surface area contributed by atoms with E-state index in [0.717, 1.165) is 11.3 Å². The zero-order chi connectivity index (χ0) is 13.7. The van der Waals surface area contributed by atoms with Gasteiger partial charge in [0.1, 0.15) is 5.69 Å². The van der Waals surface area contributed by atoms with E-state index in [2.05, 4.69) is 15.3 Å². The van der Waals surface area contributed by atoms with Crippen LogP contribution in [0.25, 0.3) is 0 Å². The molecule has 0 fully saturated rings. The van der Waals surface area contributed by atoms with Crippen LogP contribution in [0.2, 0.25) is 0 Å². The molecule has 0 aliphatic rings. The van der Waals surface area contributed by atoms with Crippen LogP contribution in [0.5, 0.6) is 0 Å². The van der Waals surface area contributed by atoms with Gasteiger partial charge in [0, 0.05) is 25.5 Å². The van der Waals surface area contributed by atoms with E-state index in [9.17, 15) is 4.79 Å². The molecule has 2 heterocycles. The van der Waals surface area contributed by atoms with E-state index in [4.69, 9.17) is 5.73 Å². The van der Waals surface area contributed by atoms with Gasteiger partial charge in [0.2, 0.25) is 0 Å². The van der Waals surface area contributed by atoms with Gasteiger partial charge < -0.3 is 15.6 Å². The second-order valence-electron chi connectivity index (χ2n) is 4.24. The van der Waals surface area contributed by atoms with Crippen LogP contribution >= 0.6 is 0 Å². The lowest BCUT2D eigenvalue weighted by Gasteiger charge is -2.05. The lowest BCUT2D eigenvalue weighted by molar-refractivity contribution is 0.0945. The fraction of sp³-hybridized carbons (Fsp3) is 0.308. The number of hydrogen-bond donors (Lipinski definition) is 2.